The molecule has 4 rings (SSSR count). The smallest absolute Gasteiger partial charge is 0.338 e. The minimum atomic E-state index is -0.299. The Kier molecular flexibility index (Phi) is 7.57. The summed E-state index contributed by atoms with van der Waals surface area (Å²) in [6, 6.07) is 7.65. The van der Waals surface area contributed by atoms with Gasteiger partial charge in [0.2, 0.25) is 5.95 Å². The Bertz CT molecular complexity index is 1100. The van der Waals surface area contributed by atoms with Gasteiger partial charge in [0.1, 0.15) is 0 Å². The van der Waals surface area contributed by atoms with Gasteiger partial charge in [0.25, 0.3) is 0 Å². The average molecular weight is 464 g/mol. The van der Waals surface area contributed by atoms with Crippen molar-refractivity contribution in [1.82, 2.24) is 19.7 Å². The third-order valence-corrected chi connectivity index (χ3v) is 6.00. The second-order valence-corrected chi connectivity index (χ2v) is 9.01. The molecule has 0 radical (unpaired) electrons. The summed E-state index contributed by atoms with van der Waals surface area (Å²) in [4.78, 5) is 21.3. The Balaban J connectivity index is 1.46. The lowest BCUT2D eigenvalue weighted by atomic mass is 10.0. The van der Waals surface area contributed by atoms with E-state index in [-0.39, 0.29) is 18.2 Å². The molecule has 1 N–H and O–H groups in total. The van der Waals surface area contributed by atoms with E-state index < -0.39 is 0 Å². The number of ether oxygens (including phenoxy) is 2. The summed E-state index contributed by atoms with van der Waals surface area (Å²) in [5.41, 5.74) is 4.04. The molecule has 1 unspecified atom stereocenters. The van der Waals surface area contributed by atoms with Crippen molar-refractivity contribution in [3.05, 3.63) is 54.0 Å². The van der Waals surface area contributed by atoms with Gasteiger partial charge in [-0.3, -0.25) is 4.68 Å². The zero-order chi connectivity index (χ0) is 24.1. The van der Waals surface area contributed by atoms with Crippen LogP contribution in [0.4, 0.5) is 11.6 Å². The maximum atomic E-state index is 12.2. The summed E-state index contributed by atoms with van der Waals surface area (Å²) < 4.78 is 13.1. The molecule has 1 fully saturated rings. The fourth-order valence-corrected chi connectivity index (χ4v) is 4.27. The van der Waals surface area contributed by atoms with Crippen LogP contribution in [0, 0.1) is 6.92 Å². The molecule has 2 aromatic heterocycles. The van der Waals surface area contributed by atoms with Crippen molar-refractivity contribution in [3.8, 4) is 11.3 Å². The monoisotopic (exact) mass is 463 g/mol. The van der Waals surface area contributed by atoms with E-state index in [2.05, 4.69) is 36.2 Å². The molecule has 0 amide bonds. The van der Waals surface area contributed by atoms with E-state index in [0.717, 1.165) is 48.2 Å². The van der Waals surface area contributed by atoms with E-state index in [9.17, 15) is 4.79 Å². The number of hydrogen-bond donors (Lipinski definition) is 1. The normalized spacial score (nSPS) is 20.2. The second-order valence-electron chi connectivity index (χ2n) is 9.01. The van der Waals surface area contributed by atoms with Crippen molar-refractivity contribution in [3.63, 3.8) is 0 Å². The zero-order valence-electron chi connectivity index (χ0n) is 20.3. The molecule has 180 valence electrons. The lowest BCUT2D eigenvalue weighted by Crippen LogP contribution is -2.31. The number of hydrogen-bond acceptors (Lipinski definition) is 7. The van der Waals surface area contributed by atoms with E-state index in [1.165, 1.54) is 0 Å². The minimum absolute atomic E-state index is 0.224. The lowest BCUT2D eigenvalue weighted by molar-refractivity contribution is -0.0506. The molecule has 3 aromatic rings. The minimum Gasteiger partial charge on any atom is -0.462 e. The van der Waals surface area contributed by atoms with Gasteiger partial charge in [0, 0.05) is 18.0 Å². The van der Waals surface area contributed by atoms with Crippen LogP contribution >= 0.6 is 0 Å². The zero-order valence-corrected chi connectivity index (χ0v) is 20.3. The van der Waals surface area contributed by atoms with E-state index in [1.807, 2.05) is 29.9 Å². The predicted octanol–water partition coefficient (Wildman–Crippen LogP) is 5.48. The largest absolute Gasteiger partial charge is 0.462 e. The Morgan fingerprint density at radius 2 is 1.91 bits per heavy atom. The first-order valence-corrected chi connectivity index (χ1v) is 12.0. The summed E-state index contributed by atoms with van der Waals surface area (Å²) >= 11 is 0. The van der Waals surface area contributed by atoms with Crippen LogP contribution in [-0.2, 0) is 9.47 Å². The molecule has 1 saturated heterocycles. The van der Waals surface area contributed by atoms with Crippen molar-refractivity contribution >= 4 is 17.6 Å². The maximum absolute atomic E-state index is 12.2. The molecular weight excluding hydrogens is 430 g/mol. The Hall–Kier alpha value is -3.26. The van der Waals surface area contributed by atoms with Crippen LogP contribution in [0.25, 0.3) is 11.3 Å². The molecule has 0 aliphatic carbocycles. The summed E-state index contributed by atoms with van der Waals surface area (Å²) in [7, 11) is 0. The molecule has 3 atom stereocenters. The van der Waals surface area contributed by atoms with Crippen LogP contribution in [0.1, 0.15) is 68.4 Å². The van der Waals surface area contributed by atoms with Crippen molar-refractivity contribution in [2.75, 3.05) is 11.9 Å². The Morgan fingerprint density at radius 1 is 1.18 bits per heavy atom. The topological polar surface area (TPSA) is 91.2 Å². The molecular formula is C26H33N5O3. The highest BCUT2D eigenvalue weighted by atomic mass is 16.5. The Labute approximate surface area is 200 Å². The summed E-state index contributed by atoms with van der Waals surface area (Å²) in [5.74, 6) is 0.198. The number of carbonyl (C=O) groups is 1. The highest BCUT2D eigenvalue weighted by Crippen LogP contribution is 2.29. The Morgan fingerprint density at radius 3 is 2.62 bits per heavy atom. The van der Waals surface area contributed by atoms with Crippen molar-refractivity contribution in [1.29, 1.82) is 0 Å². The van der Waals surface area contributed by atoms with E-state index in [1.54, 1.807) is 24.5 Å². The average Bonchev–Trinajstić information content (AvgIpc) is 3.28. The SMILES string of the molecule is CCCCOC(=O)c1ccc(-c2nc(Nc3cnn(C4C[C@@H](C)O[C@@H](C)C4)c3)ncc2C)cc1. The molecule has 1 aliphatic rings. The third kappa shape index (κ3) is 5.80. The summed E-state index contributed by atoms with van der Waals surface area (Å²) in [5, 5.41) is 7.83. The van der Waals surface area contributed by atoms with Gasteiger partial charge in [0.05, 0.1) is 48.0 Å². The van der Waals surface area contributed by atoms with Crippen LogP contribution in [0.15, 0.2) is 42.9 Å². The number of unbranched alkanes of at least 4 members (excludes halogenated alkanes) is 1. The highest BCUT2D eigenvalue weighted by Gasteiger charge is 2.26. The van der Waals surface area contributed by atoms with Gasteiger partial charge in [-0.25, -0.2) is 14.8 Å². The van der Waals surface area contributed by atoms with Gasteiger partial charge >= 0.3 is 5.97 Å². The fourth-order valence-electron chi connectivity index (χ4n) is 4.27. The van der Waals surface area contributed by atoms with Crippen LogP contribution in [-0.4, -0.2) is 44.5 Å². The molecule has 8 nitrogen and oxygen atoms in total. The first kappa shape index (κ1) is 23.9. The molecule has 1 aromatic carbocycles. The molecule has 0 bridgehead atoms. The van der Waals surface area contributed by atoms with Gasteiger partial charge in [-0.2, -0.15) is 5.10 Å². The fraction of sp³-hybridized carbons (Fsp3) is 0.462. The molecule has 3 heterocycles. The molecule has 1 aliphatic heterocycles. The highest BCUT2D eigenvalue weighted by molar-refractivity contribution is 5.90. The van der Waals surface area contributed by atoms with E-state index in [0.29, 0.717) is 24.2 Å². The number of nitrogens with zero attached hydrogens (tertiary/aromatic N) is 4. The van der Waals surface area contributed by atoms with Crippen LogP contribution in [0.5, 0.6) is 0 Å². The number of aryl methyl sites for hydroxylation is 1. The number of aromatic nitrogens is 4. The van der Waals surface area contributed by atoms with Gasteiger partial charge < -0.3 is 14.8 Å². The van der Waals surface area contributed by atoms with Crippen molar-refractivity contribution in [2.24, 2.45) is 0 Å². The van der Waals surface area contributed by atoms with Crippen LogP contribution in [0.2, 0.25) is 0 Å². The lowest BCUT2D eigenvalue weighted by Gasteiger charge is -2.32. The van der Waals surface area contributed by atoms with Crippen molar-refractivity contribution in [2.45, 2.75) is 71.6 Å². The maximum Gasteiger partial charge on any atom is 0.338 e. The molecule has 34 heavy (non-hydrogen) atoms. The standard InChI is InChI=1S/C26H33N5O3/c1-5-6-11-33-25(32)21-9-7-20(8-10-21)24-17(2)14-27-26(30-24)29-22-15-28-31(16-22)23-12-18(3)34-19(4)13-23/h7-10,14-16,18-19,23H,5-6,11-13H2,1-4H3,(H,27,29,30)/t18-,19+,23?. The predicted molar refractivity (Wildman–Crippen MR) is 131 cm³/mol. The van der Waals surface area contributed by atoms with E-state index >= 15 is 0 Å². The molecule has 0 saturated carbocycles. The van der Waals surface area contributed by atoms with Gasteiger partial charge in [-0.15, -0.1) is 0 Å². The number of nitrogens with one attached hydrogen (secondary N) is 1. The summed E-state index contributed by atoms with van der Waals surface area (Å²) in [6.07, 6.45) is 9.78. The third-order valence-electron chi connectivity index (χ3n) is 6.00. The first-order chi connectivity index (χ1) is 16.4. The molecule has 0 spiro atoms. The van der Waals surface area contributed by atoms with Gasteiger partial charge in [-0.05, 0) is 57.7 Å². The first-order valence-electron chi connectivity index (χ1n) is 12.0. The number of esters is 1. The van der Waals surface area contributed by atoms with E-state index in [4.69, 9.17) is 14.5 Å². The van der Waals surface area contributed by atoms with Gasteiger partial charge in [-0.1, -0.05) is 25.5 Å². The van der Waals surface area contributed by atoms with Crippen LogP contribution in [0.3, 0.4) is 0 Å². The summed E-state index contributed by atoms with van der Waals surface area (Å²) in [6.45, 7) is 8.69. The number of carbonyl (C=O) groups excluding carboxylic acids is 1. The van der Waals surface area contributed by atoms with Crippen LogP contribution < -0.4 is 5.32 Å². The number of benzene rings is 1. The van der Waals surface area contributed by atoms with Crippen molar-refractivity contribution < 1.29 is 14.3 Å². The van der Waals surface area contributed by atoms with Gasteiger partial charge in [0.15, 0.2) is 0 Å². The number of rotatable bonds is 8. The quantitative estimate of drug-likeness (QED) is 0.349. The number of anilines is 2. The molecule has 8 heteroatoms. The second kappa shape index (κ2) is 10.8.